The zero-order valence-electron chi connectivity index (χ0n) is 19.7. The fraction of sp³-hybridized carbons (Fsp3) is 0.320. The number of aliphatic imine (C=N–C) groups is 1. The molecule has 36 heavy (non-hydrogen) atoms. The zero-order valence-corrected chi connectivity index (χ0v) is 21.2. The molecule has 2 aromatic carbocycles. The summed E-state index contributed by atoms with van der Waals surface area (Å²) in [5.74, 6) is -0.0349. The van der Waals surface area contributed by atoms with E-state index in [0.717, 1.165) is 12.1 Å². The molecule has 0 unspecified atom stereocenters. The molecular weight excluding hydrogens is 503 g/mol. The number of benzene rings is 2. The summed E-state index contributed by atoms with van der Waals surface area (Å²) in [5, 5.41) is 15.5. The molecule has 2 heterocycles. The van der Waals surface area contributed by atoms with Crippen molar-refractivity contribution in [1.29, 1.82) is 5.26 Å². The van der Waals surface area contributed by atoms with Crippen molar-refractivity contribution in [2.24, 2.45) is 4.99 Å². The Balaban J connectivity index is 1.40. The molecule has 0 spiro atoms. The summed E-state index contributed by atoms with van der Waals surface area (Å²) in [6.45, 7) is 3.60. The topological polar surface area (TPSA) is 106 Å². The number of imidazole rings is 1. The summed E-state index contributed by atoms with van der Waals surface area (Å²) in [4.78, 5) is 8.41. The smallest absolute Gasteiger partial charge is 0.215 e. The summed E-state index contributed by atoms with van der Waals surface area (Å²) in [6, 6.07) is 12.6. The summed E-state index contributed by atoms with van der Waals surface area (Å²) in [7, 11) is 0. The van der Waals surface area contributed by atoms with Gasteiger partial charge in [-0.05, 0) is 42.8 Å². The second-order valence-corrected chi connectivity index (χ2v) is 8.93. The fourth-order valence-electron chi connectivity index (χ4n) is 3.72. The summed E-state index contributed by atoms with van der Waals surface area (Å²) < 4.78 is 20.5. The molecule has 4 rings (SSSR count). The monoisotopic (exact) mass is 528 g/mol. The number of guanidine groups is 1. The molecule has 1 aliphatic heterocycles. The highest BCUT2D eigenvalue weighted by atomic mass is 35.5. The molecule has 0 radical (unpaired) electrons. The predicted molar refractivity (Wildman–Crippen MR) is 138 cm³/mol. The molecule has 11 heteroatoms. The highest BCUT2D eigenvalue weighted by Crippen LogP contribution is 2.40. The van der Waals surface area contributed by atoms with Gasteiger partial charge in [0, 0.05) is 35.2 Å². The lowest BCUT2D eigenvalue weighted by Gasteiger charge is -2.30. The minimum Gasteiger partial charge on any atom is -0.491 e. The summed E-state index contributed by atoms with van der Waals surface area (Å²) >= 11 is 12.6. The third-order valence-corrected chi connectivity index (χ3v) is 5.92. The number of rotatable bonds is 9. The quantitative estimate of drug-likeness (QED) is 0.178. The molecule has 188 valence electrons. The molecule has 9 nitrogen and oxygen atoms in total. The minimum atomic E-state index is -1.11. The molecular formula is C25H26Cl2N6O3. The fourth-order valence-corrected chi connectivity index (χ4v) is 4.27. The molecule has 0 bridgehead atoms. The Morgan fingerprint density at radius 3 is 2.83 bits per heavy atom. The van der Waals surface area contributed by atoms with Crippen molar-refractivity contribution in [2.75, 3.05) is 25.1 Å². The molecule has 2 atom stereocenters. The van der Waals surface area contributed by atoms with Gasteiger partial charge in [0.25, 0.3) is 0 Å². The largest absolute Gasteiger partial charge is 0.491 e. The first-order valence-electron chi connectivity index (χ1n) is 11.4. The molecule has 1 aromatic heterocycles. The first kappa shape index (κ1) is 25.8. The van der Waals surface area contributed by atoms with Crippen molar-refractivity contribution in [3.05, 3.63) is 76.8 Å². The van der Waals surface area contributed by atoms with Gasteiger partial charge in [0.15, 0.2) is 6.19 Å². The van der Waals surface area contributed by atoms with E-state index in [1.807, 2.05) is 54.2 Å². The molecule has 0 amide bonds. The van der Waals surface area contributed by atoms with Crippen LogP contribution in [0, 0.1) is 11.5 Å². The number of aromatic nitrogens is 2. The van der Waals surface area contributed by atoms with Crippen molar-refractivity contribution in [3.8, 4) is 11.9 Å². The molecule has 1 aliphatic rings. The summed E-state index contributed by atoms with van der Waals surface area (Å²) in [5.41, 5.74) is 1.46. The van der Waals surface area contributed by atoms with Gasteiger partial charge in [-0.3, -0.25) is 10.3 Å². The van der Waals surface area contributed by atoms with Gasteiger partial charge < -0.3 is 24.1 Å². The number of nitrogens with one attached hydrogen (secondary N) is 2. The number of anilines is 1. The SMILES string of the molecule is CCCN=C(NC#N)Nc1ccc(OC[C@@H]2CO[C@@](Cn3ccnc3)(c3ccc(Cl)cc3Cl)O2)cc1. The second kappa shape index (κ2) is 12.1. The Morgan fingerprint density at radius 1 is 1.31 bits per heavy atom. The van der Waals surface area contributed by atoms with Crippen LogP contribution in [0.2, 0.25) is 10.0 Å². The lowest BCUT2D eigenvalue weighted by molar-refractivity contribution is -0.189. The summed E-state index contributed by atoms with van der Waals surface area (Å²) in [6.07, 6.45) is 7.66. The number of nitrogens with zero attached hydrogens (tertiary/aromatic N) is 4. The predicted octanol–water partition coefficient (Wildman–Crippen LogP) is 4.79. The van der Waals surface area contributed by atoms with Gasteiger partial charge in [-0.15, -0.1) is 0 Å². The first-order valence-corrected chi connectivity index (χ1v) is 12.2. The number of hydrogen-bond donors (Lipinski definition) is 2. The zero-order chi connectivity index (χ0) is 25.4. The molecule has 2 N–H and O–H groups in total. The van der Waals surface area contributed by atoms with Crippen LogP contribution in [-0.2, 0) is 21.8 Å². The molecule has 0 saturated carbocycles. The molecule has 3 aromatic rings. The van der Waals surface area contributed by atoms with Gasteiger partial charge in [-0.2, -0.15) is 5.26 Å². The van der Waals surface area contributed by atoms with E-state index in [1.54, 1.807) is 24.7 Å². The second-order valence-electron chi connectivity index (χ2n) is 8.09. The van der Waals surface area contributed by atoms with Crippen molar-refractivity contribution in [3.63, 3.8) is 0 Å². The van der Waals surface area contributed by atoms with Crippen LogP contribution in [0.4, 0.5) is 5.69 Å². The van der Waals surface area contributed by atoms with E-state index in [1.165, 1.54) is 0 Å². The van der Waals surface area contributed by atoms with Gasteiger partial charge in [-0.1, -0.05) is 36.2 Å². The van der Waals surface area contributed by atoms with E-state index in [0.29, 0.717) is 47.0 Å². The van der Waals surface area contributed by atoms with Gasteiger partial charge in [-0.25, -0.2) is 4.98 Å². The number of ether oxygens (including phenoxy) is 3. The van der Waals surface area contributed by atoms with E-state index in [9.17, 15) is 0 Å². The average molecular weight is 529 g/mol. The Labute approximate surface area is 219 Å². The van der Waals surface area contributed by atoms with Gasteiger partial charge >= 0.3 is 0 Å². The van der Waals surface area contributed by atoms with Crippen molar-refractivity contribution >= 4 is 34.8 Å². The minimum absolute atomic E-state index is 0.281. The van der Waals surface area contributed by atoms with Crippen molar-refractivity contribution < 1.29 is 14.2 Å². The van der Waals surface area contributed by atoms with Crippen molar-refractivity contribution in [2.45, 2.75) is 31.8 Å². The van der Waals surface area contributed by atoms with Gasteiger partial charge in [0.2, 0.25) is 11.7 Å². The van der Waals surface area contributed by atoms with Gasteiger partial charge in [0.05, 0.1) is 24.5 Å². The molecule has 1 fully saturated rings. The van der Waals surface area contributed by atoms with E-state index in [4.69, 9.17) is 42.7 Å². The average Bonchev–Trinajstić information content (AvgIpc) is 3.53. The van der Waals surface area contributed by atoms with Crippen LogP contribution in [0.3, 0.4) is 0 Å². The van der Waals surface area contributed by atoms with Gasteiger partial charge in [0.1, 0.15) is 18.5 Å². The van der Waals surface area contributed by atoms with Crippen LogP contribution in [-0.4, -0.2) is 41.4 Å². The van der Waals surface area contributed by atoms with E-state index < -0.39 is 5.79 Å². The number of nitriles is 1. The highest BCUT2D eigenvalue weighted by Gasteiger charge is 2.45. The van der Waals surface area contributed by atoms with Crippen LogP contribution in [0.15, 0.2) is 66.2 Å². The van der Waals surface area contributed by atoms with Crippen LogP contribution in [0.25, 0.3) is 0 Å². The van der Waals surface area contributed by atoms with Crippen LogP contribution in [0.5, 0.6) is 5.75 Å². The standard InChI is InChI=1S/C25H26Cl2N6O3/c1-2-9-30-24(31-16-28)32-19-4-6-20(7-5-19)34-13-21-14-35-25(36-21,15-33-11-10-29-17-33)22-8-3-18(26)12-23(22)27/h3-8,10-12,17,21H,2,9,13-15H2,1H3,(H2,30,31,32)/t21-,25-/m1/s1. The maximum Gasteiger partial charge on any atom is 0.215 e. The normalized spacial score (nSPS) is 19.6. The van der Waals surface area contributed by atoms with E-state index in [-0.39, 0.29) is 12.7 Å². The Kier molecular flexibility index (Phi) is 8.67. The van der Waals surface area contributed by atoms with E-state index >= 15 is 0 Å². The van der Waals surface area contributed by atoms with Crippen LogP contribution < -0.4 is 15.4 Å². The lowest BCUT2D eigenvalue weighted by atomic mass is 10.1. The third kappa shape index (κ3) is 6.47. The maximum absolute atomic E-state index is 8.90. The Bertz CT molecular complexity index is 1210. The number of halogens is 2. The third-order valence-electron chi connectivity index (χ3n) is 5.37. The molecule has 1 saturated heterocycles. The Hall–Kier alpha value is -3.29. The first-order chi connectivity index (χ1) is 17.5. The van der Waals surface area contributed by atoms with E-state index in [2.05, 4.69) is 20.6 Å². The lowest BCUT2D eigenvalue weighted by Crippen LogP contribution is -2.34. The molecule has 0 aliphatic carbocycles. The van der Waals surface area contributed by atoms with Crippen molar-refractivity contribution in [1.82, 2.24) is 14.9 Å². The Morgan fingerprint density at radius 2 is 2.14 bits per heavy atom. The highest BCUT2D eigenvalue weighted by molar-refractivity contribution is 6.35. The maximum atomic E-state index is 8.90. The number of hydrogen-bond acceptors (Lipinski definition) is 6. The van der Waals surface area contributed by atoms with Crippen LogP contribution >= 0.6 is 23.2 Å². The van der Waals surface area contributed by atoms with Crippen LogP contribution in [0.1, 0.15) is 18.9 Å².